The highest BCUT2D eigenvalue weighted by Gasteiger charge is 2.11. The second kappa shape index (κ2) is 12.1. The second-order valence-electron chi connectivity index (χ2n) is 8.64. The van der Waals surface area contributed by atoms with Crippen LogP contribution in [-0.4, -0.2) is 41.8 Å². The van der Waals surface area contributed by atoms with Gasteiger partial charge in [-0.05, 0) is 60.9 Å². The zero-order chi connectivity index (χ0) is 27.1. The lowest BCUT2D eigenvalue weighted by molar-refractivity contribution is -0.142. The van der Waals surface area contributed by atoms with Crippen molar-refractivity contribution in [2.75, 3.05) is 25.6 Å². The maximum atomic E-state index is 13.4. The van der Waals surface area contributed by atoms with Crippen LogP contribution in [0.4, 0.5) is 10.5 Å². The van der Waals surface area contributed by atoms with E-state index in [0.29, 0.717) is 35.6 Å². The Morgan fingerprint density at radius 3 is 2.32 bits per heavy atom. The molecule has 196 valence electrons. The van der Waals surface area contributed by atoms with Crippen LogP contribution in [0.25, 0.3) is 22.0 Å². The minimum atomic E-state index is -0.481. The number of benzene rings is 3. The van der Waals surface area contributed by atoms with Crippen molar-refractivity contribution in [3.8, 4) is 16.9 Å². The average Bonchev–Trinajstić information content (AvgIpc) is 2.92. The molecule has 0 aliphatic rings. The summed E-state index contributed by atoms with van der Waals surface area (Å²) >= 11 is 0. The molecule has 2 amide bonds. The minimum Gasteiger partial charge on any atom is -0.497 e. The van der Waals surface area contributed by atoms with Gasteiger partial charge in [-0.1, -0.05) is 36.4 Å². The van der Waals surface area contributed by atoms with Gasteiger partial charge >= 0.3 is 12.0 Å². The van der Waals surface area contributed by atoms with Crippen LogP contribution in [0.5, 0.6) is 5.75 Å². The number of hydrogen-bond acceptors (Lipinski definition) is 6. The van der Waals surface area contributed by atoms with Crippen molar-refractivity contribution in [1.29, 1.82) is 0 Å². The van der Waals surface area contributed by atoms with Crippen LogP contribution in [0.15, 0.2) is 71.5 Å². The van der Waals surface area contributed by atoms with E-state index in [-0.39, 0.29) is 24.5 Å². The number of methoxy groups -OCH3 is 1. The summed E-state index contributed by atoms with van der Waals surface area (Å²) in [6.07, 6.45) is 0.0773. The molecule has 0 aliphatic heterocycles. The van der Waals surface area contributed by atoms with E-state index in [2.05, 4.69) is 15.6 Å². The van der Waals surface area contributed by atoms with E-state index < -0.39 is 6.03 Å². The highest BCUT2D eigenvalue weighted by Crippen LogP contribution is 2.23. The van der Waals surface area contributed by atoms with Crippen LogP contribution in [0.3, 0.4) is 0 Å². The van der Waals surface area contributed by atoms with Crippen molar-refractivity contribution >= 4 is 28.6 Å². The molecule has 1 aromatic heterocycles. The molecule has 0 saturated carbocycles. The fraction of sp³-hybridized carbons (Fsp3) is 0.241. The number of amides is 2. The van der Waals surface area contributed by atoms with Crippen molar-refractivity contribution in [2.45, 2.75) is 26.8 Å². The fourth-order valence-corrected chi connectivity index (χ4v) is 4.05. The van der Waals surface area contributed by atoms with Crippen molar-refractivity contribution in [3.63, 3.8) is 0 Å². The molecule has 0 unspecified atom stereocenters. The monoisotopic (exact) mass is 514 g/mol. The molecule has 38 heavy (non-hydrogen) atoms. The van der Waals surface area contributed by atoms with E-state index in [1.807, 2.05) is 48.5 Å². The van der Waals surface area contributed by atoms with Crippen molar-refractivity contribution in [2.24, 2.45) is 0 Å². The molecule has 4 rings (SSSR count). The standard InChI is InChI=1S/C29H30N4O5/c1-4-38-27(34)15-16-30-29(36)32-23-11-14-26-25(17-23)28(35)33(19(2)31-26)18-20-5-7-21(8-6-20)22-9-12-24(37-3)13-10-22/h5-14,17H,4,15-16,18H2,1-3H3,(H2,30,32,36). The summed E-state index contributed by atoms with van der Waals surface area (Å²) in [6.45, 7) is 4.32. The van der Waals surface area contributed by atoms with Crippen LogP contribution < -0.4 is 20.9 Å². The lowest BCUT2D eigenvalue weighted by Gasteiger charge is -2.13. The number of esters is 1. The zero-order valence-electron chi connectivity index (χ0n) is 21.6. The third-order valence-corrected chi connectivity index (χ3v) is 6.04. The molecule has 9 heteroatoms. The normalized spacial score (nSPS) is 10.7. The van der Waals surface area contributed by atoms with Gasteiger partial charge in [0.1, 0.15) is 11.6 Å². The van der Waals surface area contributed by atoms with Gasteiger partial charge in [-0.15, -0.1) is 0 Å². The van der Waals surface area contributed by atoms with E-state index in [1.165, 1.54) is 0 Å². The second-order valence-corrected chi connectivity index (χ2v) is 8.64. The maximum absolute atomic E-state index is 13.4. The number of aromatic nitrogens is 2. The molecule has 3 aromatic carbocycles. The summed E-state index contributed by atoms with van der Waals surface area (Å²) in [4.78, 5) is 41.6. The van der Waals surface area contributed by atoms with Gasteiger partial charge < -0.3 is 20.1 Å². The van der Waals surface area contributed by atoms with Crippen LogP contribution in [-0.2, 0) is 16.1 Å². The molecule has 0 spiro atoms. The Bertz CT molecular complexity index is 1490. The summed E-state index contributed by atoms with van der Waals surface area (Å²) in [5.41, 5.74) is 3.90. The summed E-state index contributed by atoms with van der Waals surface area (Å²) < 4.78 is 11.7. The maximum Gasteiger partial charge on any atom is 0.319 e. The predicted molar refractivity (Wildman–Crippen MR) is 147 cm³/mol. The molecule has 9 nitrogen and oxygen atoms in total. The molecule has 1 heterocycles. The predicted octanol–water partition coefficient (Wildman–Crippen LogP) is 4.50. The Hall–Kier alpha value is -4.66. The molecule has 0 radical (unpaired) electrons. The van der Waals surface area contributed by atoms with Gasteiger partial charge in [0.2, 0.25) is 0 Å². The molecule has 0 saturated heterocycles. The van der Waals surface area contributed by atoms with E-state index in [1.54, 1.807) is 43.7 Å². The molecule has 0 fully saturated rings. The molecule has 0 bridgehead atoms. The first-order chi connectivity index (χ1) is 18.4. The number of ether oxygens (including phenoxy) is 2. The van der Waals surface area contributed by atoms with Crippen molar-refractivity contribution < 1.29 is 19.1 Å². The third-order valence-electron chi connectivity index (χ3n) is 6.04. The number of anilines is 1. The number of nitrogens with one attached hydrogen (secondary N) is 2. The van der Waals surface area contributed by atoms with Crippen LogP contribution >= 0.6 is 0 Å². The summed E-state index contributed by atoms with van der Waals surface area (Å²) in [7, 11) is 1.64. The van der Waals surface area contributed by atoms with Crippen molar-refractivity contribution in [3.05, 3.63) is 88.5 Å². The summed E-state index contributed by atoms with van der Waals surface area (Å²) in [5, 5.41) is 5.69. The van der Waals surface area contributed by atoms with E-state index in [0.717, 1.165) is 22.4 Å². The van der Waals surface area contributed by atoms with Gasteiger partial charge in [-0.25, -0.2) is 9.78 Å². The smallest absolute Gasteiger partial charge is 0.319 e. The Morgan fingerprint density at radius 1 is 0.974 bits per heavy atom. The van der Waals surface area contributed by atoms with Gasteiger partial charge in [0.05, 0.1) is 37.6 Å². The summed E-state index contributed by atoms with van der Waals surface area (Å²) in [6, 6.07) is 20.4. The number of rotatable bonds is 9. The largest absolute Gasteiger partial charge is 0.497 e. The third kappa shape index (κ3) is 6.36. The molecule has 2 N–H and O–H groups in total. The van der Waals surface area contributed by atoms with Crippen molar-refractivity contribution in [1.82, 2.24) is 14.9 Å². The molecular formula is C29H30N4O5. The number of urea groups is 1. The average molecular weight is 515 g/mol. The molecule has 4 aromatic rings. The van der Waals surface area contributed by atoms with Crippen LogP contribution in [0.1, 0.15) is 24.7 Å². The van der Waals surface area contributed by atoms with E-state index in [9.17, 15) is 14.4 Å². The van der Waals surface area contributed by atoms with Gasteiger partial charge in [0.25, 0.3) is 5.56 Å². The highest BCUT2D eigenvalue weighted by atomic mass is 16.5. The van der Waals surface area contributed by atoms with Gasteiger partial charge in [-0.3, -0.25) is 14.2 Å². The number of hydrogen-bond donors (Lipinski definition) is 2. The molecule has 0 aliphatic carbocycles. The Kier molecular flexibility index (Phi) is 8.37. The Morgan fingerprint density at radius 2 is 1.66 bits per heavy atom. The lowest BCUT2D eigenvalue weighted by Crippen LogP contribution is -2.31. The van der Waals surface area contributed by atoms with E-state index in [4.69, 9.17) is 9.47 Å². The first-order valence-electron chi connectivity index (χ1n) is 12.3. The first-order valence-corrected chi connectivity index (χ1v) is 12.3. The fourth-order valence-electron chi connectivity index (χ4n) is 4.05. The number of carbonyl (C=O) groups excluding carboxylic acids is 2. The van der Waals surface area contributed by atoms with Crippen LogP contribution in [0, 0.1) is 6.92 Å². The quantitative estimate of drug-likeness (QED) is 0.318. The van der Waals surface area contributed by atoms with E-state index >= 15 is 0 Å². The Labute approximate surface area is 220 Å². The van der Waals surface area contributed by atoms with Gasteiger partial charge in [0, 0.05) is 12.2 Å². The Balaban J connectivity index is 1.48. The van der Waals surface area contributed by atoms with Crippen LogP contribution in [0.2, 0.25) is 0 Å². The SMILES string of the molecule is CCOC(=O)CCNC(=O)Nc1ccc2nc(C)n(Cc3ccc(-c4ccc(OC)cc4)cc3)c(=O)c2c1. The number of aryl methyl sites for hydroxylation is 1. The molecular weight excluding hydrogens is 484 g/mol. The number of nitrogens with zero attached hydrogens (tertiary/aromatic N) is 2. The topological polar surface area (TPSA) is 112 Å². The van der Waals surface area contributed by atoms with Gasteiger partial charge in [-0.2, -0.15) is 0 Å². The minimum absolute atomic E-state index is 0.0773. The lowest BCUT2D eigenvalue weighted by atomic mass is 10.0. The highest BCUT2D eigenvalue weighted by molar-refractivity contribution is 5.92. The number of carbonyl (C=O) groups is 2. The number of fused-ring (bicyclic) bond motifs is 1. The van der Waals surface area contributed by atoms with Gasteiger partial charge in [0.15, 0.2) is 0 Å². The molecule has 0 atom stereocenters. The first kappa shape index (κ1) is 26.4. The zero-order valence-corrected chi connectivity index (χ0v) is 21.6. The summed E-state index contributed by atoms with van der Waals surface area (Å²) in [5.74, 6) is 1.02.